The molecule has 1 N–H and O–H groups in total. The molecule has 1 fully saturated rings. The SMILES string of the molecule is COc1cccc(C(=O)N2CCCC[C@H]2CCC(=O)O)c1F. The van der Waals surface area contributed by atoms with Crippen LogP contribution in [0.2, 0.25) is 0 Å². The highest BCUT2D eigenvalue weighted by Crippen LogP contribution is 2.26. The summed E-state index contributed by atoms with van der Waals surface area (Å²) in [5, 5.41) is 8.82. The highest BCUT2D eigenvalue weighted by molar-refractivity contribution is 5.95. The van der Waals surface area contributed by atoms with Crippen LogP contribution in [-0.4, -0.2) is 41.6 Å². The van der Waals surface area contributed by atoms with Gasteiger partial charge in [-0.15, -0.1) is 0 Å². The predicted molar refractivity (Wildman–Crippen MR) is 78.5 cm³/mol. The lowest BCUT2D eigenvalue weighted by atomic mass is 9.96. The van der Waals surface area contributed by atoms with E-state index in [9.17, 15) is 14.0 Å². The zero-order valence-electron chi connectivity index (χ0n) is 12.5. The van der Waals surface area contributed by atoms with Crippen molar-refractivity contribution in [1.29, 1.82) is 0 Å². The topological polar surface area (TPSA) is 66.8 Å². The third-order valence-electron chi connectivity index (χ3n) is 3.99. The van der Waals surface area contributed by atoms with Crippen molar-refractivity contribution in [1.82, 2.24) is 4.90 Å². The number of benzene rings is 1. The zero-order chi connectivity index (χ0) is 16.1. The summed E-state index contributed by atoms with van der Waals surface area (Å²) in [5.74, 6) is -1.92. The van der Waals surface area contributed by atoms with E-state index < -0.39 is 17.7 Å². The Morgan fingerprint density at radius 2 is 2.18 bits per heavy atom. The van der Waals surface area contributed by atoms with Crippen molar-refractivity contribution in [3.63, 3.8) is 0 Å². The van der Waals surface area contributed by atoms with Gasteiger partial charge in [-0.2, -0.15) is 0 Å². The van der Waals surface area contributed by atoms with Gasteiger partial charge in [0.2, 0.25) is 0 Å². The maximum atomic E-state index is 14.3. The Balaban J connectivity index is 2.20. The molecular formula is C16H20FNO4. The molecule has 120 valence electrons. The summed E-state index contributed by atoms with van der Waals surface area (Å²) in [5.41, 5.74) is -0.0263. The Hall–Kier alpha value is -2.11. The lowest BCUT2D eigenvalue weighted by Crippen LogP contribution is -2.44. The van der Waals surface area contributed by atoms with E-state index in [1.54, 1.807) is 11.0 Å². The second-order valence-corrected chi connectivity index (χ2v) is 5.40. The number of carboxylic acids is 1. The minimum absolute atomic E-state index is 0.00897. The molecule has 1 saturated heterocycles. The van der Waals surface area contributed by atoms with Gasteiger partial charge in [-0.3, -0.25) is 9.59 Å². The summed E-state index contributed by atoms with van der Waals surface area (Å²) < 4.78 is 19.2. The minimum Gasteiger partial charge on any atom is -0.494 e. The Kier molecular flexibility index (Phi) is 5.35. The van der Waals surface area contributed by atoms with Crippen molar-refractivity contribution >= 4 is 11.9 Å². The fourth-order valence-electron chi connectivity index (χ4n) is 2.85. The fourth-order valence-corrected chi connectivity index (χ4v) is 2.85. The first-order chi connectivity index (χ1) is 10.5. The van der Waals surface area contributed by atoms with Gasteiger partial charge in [0.25, 0.3) is 5.91 Å². The Bertz CT molecular complexity index is 561. The van der Waals surface area contributed by atoms with Gasteiger partial charge in [-0.25, -0.2) is 4.39 Å². The van der Waals surface area contributed by atoms with E-state index in [1.165, 1.54) is 19.2 Å². The lowest BCUT2D eigenvalue weighted by Gasteiger charge is -2.35. The van der Waals surface area contributed by atoms with Gasteiger partial charge in [0.1, 0.15) is 0 Å². The van der Waals surface area contributed by atoms with E-state index >= 15 is 0 Å². The van der Waals surface area contributed by atoms with Crippen LogP contribution in [0.1, 0.15) is 42.5 Å². The molecule has 5 nitrogen and oxygen atoms in total. The number of piperidine rings is 1. The van der Waals surface area contributed by atoms with E-state index in [4.69, 9.17) is 9.84 Å². The molecule has 0 aromatic heterocycles. The van der Waals surface area contributed by atoms with Gasteiger partial charge >= 0.3 is 5.97 Å². The number of likely N-dealkylation sites (tertiary alicyclic amines) is 1. The van der Waals surface area contributed by atoms with E-state index in [-0.39, 0.29) is 23.8 Å². The van der Waals surface area contributed by atoms with Crippen LogP contribution in [0.4, 0.5) is 4.39 Å². The normalized spacial score (nSPS) is 18.1. The third kappa shape index (κ3) is 3.55. The molecular weight excluding hydrogens is 289 g/mol. The maximum absolute atomic E-state index is 14.3. The smallest absolute Gasteiger partial charge is 0.303 e. The van der Waals surface area contributed by atoms with E-state index in [1.807, 2.05) is 0 Å². The number of ether oxygens (including phenoxy) is 1. The van der Waals surface area contributed by atoms with Gasteiger partial charge < -0.3 is 14.7 Å². The van der Waals surface area contributed by atoms with Gasteiger partial charge in [-0.1, -0.05) is 6.07 Å². The molecule has 1 heterocycles. The molecule has 1 aliphatic heterocycles. The van der Waals surface area contributed by atoms with Crippen LogP contribution in [0.25, 0.3) is 0 Å². The highest BCUT2D eigenvalue weighted by atomic mass is 19.1. The molecule has 1 aromatic rings. The molecule has 1 aliphatic rings. The standard InChI is InChI=1S/C16H20FNO4/c1-22-13-7-4-6-12(15(13)17)16(21)18-10-3-2-5-11(18)8-9-14(19)20/h4,6-7,11H,2-3,5,8-10H2,1H3,(H,19,20)/t11-/m0/s1. The largest absolute Gasteiger partial charge is 0.494 e. The van der Waals surface area contributed by atoms with Crippen molar-refractivity contribution in [2.45, 2.75) is 38.1 Å². The van der Waals surface area contributed by atoms with E-state index in [0.29, 0.717) is 13.0 Å². The number of halogens is 1. The number of carbonyl (C=O) groups excluding carboxylic acids is 1. The highest BCUT2D eigenvalue weighted by Gasteiger charge is 2.29. The van der Waals surface area contributed by atoms with Gasteiger partial charge in [0.15, 0.2) is 11.6 Å². The molecule has 1 amide bonds. The molecule has 0 unspecified atom stereocenters. The molecule has 22 heavy (non-hydrogen) atoms. The van der Waals surface area contributed by atoms with Gasteiger partial charge in [0.05, 0.1) is 12.7 Å². The molecule has 1 aromatic carbocycles. The monoisotopic (exact) mass is 309 g/mol. The summed E-state index contributed by atoms with van der Waals surface area (Å²) >= 11 is 0. The number of carbonyl (C=O) groups is 2. The summed E-state index contributed by atoms with van der Waals surface area (Å²) in [4.78, 5) is 25.0. The second kappa shape index (κ2) is 7.24. The first-order valence-electron chi connectivity index (χ1n) is 7.40. The Labute approximate surface area is 128 Å². The average molecular weight is 309 g/mol. The number of amides is 1. The number of rotatable bonds is 5. The summed E-state index contributed by atoms with van der Waals surface area (Å²) in [7, 11) is 1.35. The second-order valence-electron chi connectivity index (χ2n) is 5.40. The number of nitrogens with zero attached hydrogens (tertiary/aromatic N) is 1. The lowest BCUT2D eigenvalue weighted by molar-refractivity contribution is -0.137. The molecule has 0 aliphatic carbocycles. The van der Waals surface area contributed by atoms with Crippen molar-refractivity contribution in [2.75, 3.05) is 13.7 Å². The van der Waals surface area contributed by atoms with Crippen LogP contribution in [-0.2, 0) is 4.79 Å². The summed E-state index contributed by atoms with van der Waals surface area (Å²) in [6.07, 6.45) is 2.96. The number of methoxy groups -OCH3 is 1. The van der Waals surface area contributed by atoms with Crippen LogP contribution < -0.4 is 4.74 Å². The Morgan fingerprint density at radius 1 is 1.41 bits per heavy atom. The number of carboxylic acid groups (broad SMARTS) is 1. The molecule has 0 bridgehead atoms. The summed E-state index contributed by atoms with van der Waals surface area (Å²) in [6, 6.07) is 4.32. The maximum Gasteiger partial charge on any atom is 0.303 e. The molecule has 6 heteroatoms. The van der Waals surface area contributed by atoms with Gasteiger partial charge in [0, 0.05) is 19.0 Å². The first-order valence-corrected chi connectivity index (χ1v) is 7.40. The number of hydrogen-bond donors (Lipinski definition) is 1. The van der Waals surface area contributed by atoms with Crippen molar-refractivity contribution in [2.24, 2.45) is 0 Å². The van der Waals surface area contributed by atoms with Crippen molar-refractivity contribution < 1.29 is 23.8 Å². The third-order valence-corrected chi connectivity index (χ3v) is 3.99. The van der Waals surface area contributed by atoms with Crippen LogP contribution in [0.15, 0.2) is 18.2 Å². The van der Waals surface area contributed by atoms with Crippen LogP contribution in [0, 0.1) is 5.82 Å². The van der Waals surface area contributed by atoms with Gasteiger partial charge in [-0.05, 0) is 37.8 Å². The molecule has 0 spiro atoms. The minimum atomic E-state index is -0.884. The molecule has 1 atom stereocenters. The Morgan fingerprint density at radius 3 is 2.86 bits per heavy atom. The van der Waals surface area contributed by atoms with Crippen LogP contribution in [0.3, 0.4) is 0 Å². The number of aliphatic carboxylic acids is 1. The van der Waals surface area contributed by atoms with E-state index in [0.717, 1.165) is 19.3 Å². The average Bonchev–Trinajstić information content (AvgIpc) is 2.52. The number of hydrogen-bond acceptors (Lipinski definition) is 3. The predicted octanol–water partition coefficient (Wildman–Crippen LogP) is 2.69. The quantitative estimate of drug-likeness (QED) is 0.908. The zero-order valence-corrected chi connectivity index (χ0v) is 12.5. The van der Waals surface area contributed by atoms with Crippen molar-refractivity contribution in [3.8, 4) is 5.75 Å². The molecule has 0 radical (unpaired) electrons. The van der Waals surface area contributed by atoms with Crippen LogP contribution >= 0.6 is 0 Å². The fraction of sp³-hybridized carbons (Fsp3) is 0.500. The molecule has 0 saturated carbocycles. The van der Waals surface area contributed by atoms with Crippen LogP contribution in [0.5, 0.6) is 5.75 Å². The molecule has 2 rings (SSSR count). The first kappa shape index (κ1) is 16.3. The summed E-state index contributed by atoms with van der Waals surface area (Å²) in [6.45, 7) is 0.528. The van der Waals surface area contributed by atoms with Crippen molar-refractivity contribution in [3.05, 3.63) is 29.6 Å². The van der Waals surface area contributed by atoms with E-state index in [2.05, 4.69) is 0 Å².